The van der Waals surface area contributed by atoms with E-state index in [1.54, 1.807) is 23.2 Å². The fraction of sp³-hybridized carbons (Fsp3) is 0.143. The third-order valence-electron chi connectivity index (χ3n) is 2.04. The van der Waals surface area contributed by atoms with E-state index in [-0.39, 0.29) is 0 Å². The number of fused-ring (bicyclic) bond motifs is 1. The van der Waals surface area contributed by atoms with Gasteiger partial charge in [0.05, 0.1) is 11.4 Å². The van der Waals surface area contributed by atoms with E-state index in [0.29, 0.717) is 5.46 Å². The van der Waals surface area contributed by atoms with Crippen LogP contribution in [0.5, 0.6) is 0 Å². The first-order chi connectivity index (χ1) is 6.18. The zero-order valence-corrected chi connectivity index (χ0v) is 7.15. The Balaban J connectivity index is 2.42. The minimum atomic E-state index is -1.42. The predicted octanol–water partition coefficient (Wildman–Crippen LogP) is -1.35. The summed E-state index contributed by atoms with van der Waals surface area (Å²) < 4.78 is 0. The molecule has 0 unspecified atom stereocenters. The first-order valence-corrected chi connectivity index (χ1v) is 3.94. The smallest absolute Gasteiger partial charge is 0.423 e. The molecule has 0 atom stereocenters. The van der Waals surface area contributed by atoms with Gasteiger partial charge in [0.25, 0.3) is 0 Å². The summed E-state index contributed by atoms with van der Waals surface area (Å²) in [5.41, 5.74) is 8.10. The summed E-state index contributed by atoms with van der Waals surface area (Å²) in [6.45, 7) is 0. The van der Waals surface area contributed by atoms with Crippen LogP contribution in [0.4, 0.5) is 11.4 Å². The number of benzene rings is 1. The summed E-state index contributed by atoms with van der Waals surface area (Å²) in [6, 6.07) is 5.17. The quantitative estimate of drug-likeness (QED) is 0.401. The molecule has 1 aromatic carbocycles. The van der Waals surface area contributed by atoms with Crippen molar-refractivity contribution in [3.8, 4) is 0 Å². The van der Waals surface area contributed by atoms with Crippen molar-refractivity contribution in [2.45, 2.75) is 0 Å². The molecule has 5 nitrogen and oxygen atoms in total. The molecule has 68 valence electrons. The standard InChI is InChI=1S/C7H10BN3O2/c1-11-7-4-5(8(12)13)2-3-6(7)9-10-11/h2-4,9-10,12-13H,1H3. The molecule has 0 aliphatic carbocycles. The highest BCUT2D eigenvalue weighted by atomic mass is 16.4. The molecule has 0 bridgehead atoms. The second-order valence-electron chi connectivity index (χ2n) is 2.95. The number of anilines is 2. The van der Waals surface area contributed by atoms with Crippen LogP contribution in [0.15, 0.2) is 18.2 Å². The molecule has 0 fully saturated rings. The Morgan fingerprint density at radius 3 is 2.85 bits per heavy atom. The van der Waals surface area contributed by atoms with Crippen LogP contribution >= 0.6 is 0 Å². The van der Waals surface area contributed by atoms with Crippen molar-refractivity contribution in [3.63, 3.8) is 0 Å². The maximum atomic E-state index is 8.94. The lowest BCUT2D eigenvalue weighted by atomic mass is 9.80. The summed E-state index contributed by atoms with van der Waals surface area (Å²) in [7, 11) is 0.422. The summed E-state index contributed by atoms with van der Waals surface area (Å²) in [4.78, 5) is 0. The number of nitrogens with one attached hydrogen (secondary N) is 2. The van der Waals surface area contributed by atoms with E-state index in [0.717, 1.165) is 11.4 Å². The molecule has 0 saturated heterocycles. The average Bonchev–Trinajstić information content (AvgIpc) is 2.47. The minimum absolute atomic E-state index is 0.483. The van der Waals surface area contributed by atoms with Gasteiger partial charge in [0.15, 0.2) is 0 Å². The summed E-state index contributed by atoms with van der Waals surface area (Å²) in [5, 5.41) is 19.6. The van der Waals surface area contributed by atoms with Crippen molar-refractivity contribution in [3.05, 3.63) is 18.2 Å². The number of hydrogen-bond donors (Lipinski definition) is 4. The zero-order chi connectivity index (χ0) is 9.42. The van der Waals surface area contributed by atoms with Crippen LogP contribution in [-0.2, 0) is 0 Å². The van der Waals surface area contributed by atoms with Gasteiger partial charge in [0, 0.05) is 7.05 Å². The first kappa shape index (κ1) is 8.37. The Morgan fingerprint density at radius 2 is 2.15 bits per heavy atom. The van der Waals surface area contributed by atoms with E-state index in [1.165, 1.54) is 0 Å². The third kappa shape index (κ3) is 1.35. The van der Waals surface area contributed by atoms with Crippen LogP contribution in [0.3, 0.4) is 0 Å². The SMILES string of the molecule is CN1NNc2ccc(B(O)O)cc21. The molecule has 0 amide bonds. The Morgan fingerprint density at radius 1 is 1.38 bits per heavy atom. The lowest BCUT2D eigenvalue weighted by Gasteiger charge is -2.10. The lowest BCUT2D eigenvalue weighted by molar-refractivity contribution is 0.426. The van der Waals surface area contributed by atoms with E-state index in [1.807, 2.05) is 7.05 Å². The number of hydrogen-bond acceptors (Lipinski definition) is 5. The van der Waals surface area contributed by atoms with Gasteiger partial charge < -0.3 is 15.5 Å². The number of hydrazine groups is 2. The molecule has 0 spiro atoms. The molecule has 2 rings (SSSR count). The molecule has 1 aliphatic rings. The Labute approximate surface area is 76.1 Å². The highest BCUT2D eigenvalue weighted by Crippen LogP contribution is 2.25. The molecule has 0 aromatic heterocycles. The molecule has 1 aromatic rings. The van der Waals surface area contributed by atoms with Gasteiger partial charge in [-0.15, -0.1) is 5.53 Å². The van der Waals surface area contributed by atoms with Gasteiger partial charge in [-0.05, 0) is 17.6 Å². The molecule has 0 saturated carbocycles. The highest BCUT2D eigenvalue weighted by molar-refractivity contribution is 6.58. The molecule has 1 aliphatic heterocycles. The minimum Gasteiger partial charge on any atom is -0.423 e. The molecule has 1 heterocycles. The van der Waals surface area contributed by atoms with Crippen LogP contribution < -0.4 is 21.4 Å². The monoisotopic (exact) mass is 179 g/mol. The van der Waals surface area contributed by atoms with Gasteiger partial charge >= 0.3 is 7.12 Å². The molecule has 4 N–H and O–H groups in total. The summed E-state index contributed by atoms with van der Waals surface area (Å²) >= 11 is 0. The molecule has 0 radical (unpaired) electrons. The van der Waals surface area contributed by atoms with Crippen molar-refractivity contribution >= 4 is 24.0 Å². The number of rotatable bonds is 1. The fourth-order valence-electron chi connectivity index (χ4n) is 1.30. The van der Waals surface area contributed by atoms with Crippen LogP contribution in [0, 0.1) is 0 Å². The first-order valence-electron chi connectivity index (χ1n) is 3.94. The number of nitrogens with zero attached hydrogens (tertiary/aromatic N) is 1. The van der Waals surface area contributed by atoms with Gasteiger partial charge in [0.1, 0.15) is 0 Å². The van der Waals surface area contributed by atoms with Crippen molar-refractivity contribution in [1.82, 2.24) is 5.53 Å². The van der Waals surface area contributed by atoms with Crippen LogP contribution in [-0.4, -0.2) is 24.2 Å². The van der Waals surface area contributed by atoms with Crippen LogP contribution in [0.1, 0.15) is 0 Å². The fourth-order valence-corrected chi connectivity index (χ4v) is 1.30. The largest absolute Gasteiger partial charge is 0.488 e. The summed E-state index contributed by atoms with van der Waals surface area (Å²) in [6.07, 6.45) is 0. The highest BCUT2D eigenvalue weighted by Gasteiger charge is 2.18. The normalized spacial score (nSPS) is 13.9. The van der Waals surface area contributed by atoms with Gasteiger partial charge in [-0.25, -0.2) is 0 Å². The van der Waals surface area contributed by atoms with Crippen molar-refractivity contribution in [1.29, 1.82) is 0 Å². The van der Waals surface area contributed by atoms with Gasteiger partial charge in [-0.2, -0.15) is 0 Å². The van der Waals surface area contributed by atoms with Crippen LogP contribution in [0.25, 0.3) is 0 Å². The maximum absolute atomic E-state index is 8.94. The van der Waals surface area contributed by atoms with Crippen LogP contribution in [0.2, 0.25) is 0 Å². The van der Waals surface area contributed by atoms with Crippen molar-refractivity contribution in [2.24, 2.45) is 0 Å². The molecule has 6 heteroatoms. The molecule has 13 heavy (non-hydrogen) atoms. The Hall–Kier alpha value is -1.24. The van der Waals surface area contributed by atoms with E-state index >= 15 is 0 Å². The maximum Gasteiger partial charge on any atom is 0.488 e. The van der Waals surface area contributed by atoms with E-state index in [2.05, 4.69) is 11.0 Å². The predicted molar refractivity (Wildman–Crippen MR) is 51.4 cm³/mol. The lowest BCUT2D eigenvalue weighted by Crippen LogP contribution is -2.33. The second-order valence-corrected chi connectivity index (χ2v) is 2.95. The van der Waals surface area contributed by atoms with Crippen molar-refractivity contribution < 1.29 is 10.0 Å². The van der Waals surface area contributed by atoms with Crippen molar-refractivity contribution in [2.75, 3.05) is 17.5 Å². The zero-order valence-electron chi connectivity index (χ0n) is 7.15. The van der Waals surface area contributed by atoms with E-state index < -0.39 is 7.12 Å². The average molecular weight is 179 g/mol. The molecular weight excluding hydrogens is 169 g/mol. The van der Waals surface area contributed by atoms with E-state index in [4.69, 9.17) is 10.0 Å². The summed E-state index contributed by atoms with van der Waals surface area (Å²) in [5.74, 6) is 0. The van der Waals surface area contributed by atoms with Gasteiger partial charge in [-0.3, -0.25) is 5.01 Å². The third-order valence-corrected chi connectivity index (χ3v) is 2.04. The Kier molecular flexibility index (Phi) is 1.88. The Bertz CT molecular complexity index is 332. The molecular formula is C7H10BN3O2. The topological polar surface area (TPSA) is 67.8 Å². The van der Waals surface area contributed by atoms with Gasteiger partial charge in [-0.1, -0.05) is 6.07 Å². The second kappa shape index (κ2) is 2.92. The van der Waals surface area contributed by atoms with E-state index in [9.17, 15) is 0 Å². The van der Waals surface area contributed by atoms with Gasteiger partial charge in [0.2, 0.25) is 0 Å².